The average molecular weight is 328 g/mol. The minimum atomic E-state index is 0.891. The summed E-state index contributed by atoms with van der Waals surface area (Å²) < 4.78 is 6.26. The van der Waals surface area contributed by atoms with Crippen LogP contribution in [0, 0.1) is 0 Å². The molecule has 0 atom stereocenters. The SMILES string of the molecule is CCCCNc1cc(-c2ccccc2)[o+]c2ccc3ccccc3c12. The second kappa shape index (κ2) is 6.94. The van der Waals surface area contributed by atoms with Crippen molar-refractivity contribution >= 4 is 27.4 Å². The van der Waals surface area contributed by atoms with Crippen molar-refractivity contribution in [3.8, 4) is 11.3 Å². The van der Waals surface area contributed by atoms with Crippen LogP contribution in [0.4, 0.5) is 5.69 Å². The lowest BCUT2D eigenvalue weighted by Crippen LogP contribution is -2.02. The first-order chi connectivity index (χ1) is 12.4. The van der Waals surface area contributed by atoms with Crippen molar-refractivity contribution < 1.29 is 4.42 Å². The molecule has 0 amide bonds. The Bertz CT molecular complexity index is 1010. The molecule has 0 radical (unpaired) electrons. The summed E-state index contributed by atoms with van der Waals surface area (Å²) >= 11 is 0. The van der Waals surface area contributed by atoms with Crippen molar-refractivity contribution in [2.75, 3.05) is 11.9 Å². The molecule has 0 aliphatic heterocycles. The Labute approximate surface area is 148 Å². The molecule has 4 rings (SSSR count). The molecule has 0 spiro atoms. The first-order valence-electron chi connectivity index (χ1n) is 8.94. The van der Waals surface area contributed by atoms with Crippen molar-refractivity contribution in [3.63, 3.8) is 0 Å². The van der Waals surface area contributed by atoms with Crippen molar-refractivity contribution in [3.05, 3.63) is 72.8 Å². The third-order valence-corrected chi connectivity index (χ3v) is 4.56. The summed E-state index contributed by atoms with van der Waals surface area (Å²) in [6.07, 6.45) is 2.33. The Morgan fingerprint density at radius 3 is 2.52 bits per heavy atom. The molecule has 0 aliphatic rings. The Balaban J connectivity index is 1.95. The summed E-state index contributed by atoms with van der Waals surface area (Å²) in [5.41, 5.74) is 3.15. The minimum absolute atomic E-state index is 0.891. The van der Waals surface area contributed by atoms with Gasteiger partial charge >= 0.3 is 11.3 Å². The van der Waals surface area contributed by atoms with Crippen LogP contribution in [0.1, 0.15) is 19.8 Å². The van der Waals surface area contributed by atoms with Gasteiger partial charge in [-0.2, -0.15) is 0 Å². The van der Waals surface area contributed by atoms with Crippen LogP contribution in [0.15, 0.2) is 77.2 Å². The first kappa shape index (κ1) is 15.6. The second-order valence-electron chi connectivity index (χ2n) is 6.33. The van der Waals surface area contributed by atoms with E-state index in [0.29, 0.717) is 0 Å². The van der Waals surface area contributed by atoms with Gasteiger partial charge in [-0.25, -0.2) is 4.42 Å². The summed E-state index contributed by atoms with van der Waals surface area (Å²) in [7, 11) is 0. The molecule has 1 aromatic heterocycles. The van der Waals surface area contributed by atoms with Crippen LogP contribution in [0.5, 0.6) is 0 Å². The minimum Gasteiger partial charge on any atom is -0.384 e. The zero-order valence-corrected chi connectivity index (χ0v) is 14.5. The number of hydrogen-bond donors (Lipinski definition) is 1. The highest BCUT2D eigenvalue weighted by molar-refractivity contribution is 6.12. The van der Waals surface area contributed by atoms with E-state index in [2.05, 4.69) is 66.8 Å². The van der Waals surface area contributed by atoms with E-state index >= 15 is 0 Å². The molecule has 0 saturated heterocycles. The third kappa shape index (κ3) is 3.08. The third-order valence-electron chi connectivity index (χ3n) is 4.56. The molecule has 1 N–H and O–H groups in total. The summed E-state index contributed by atoms with van der Waals surface area (Å²) in [5, 5.41) is 7.25. The maximum absolute atomic E-state index is 6.26. The molecular weight excluding hydrogens is 306 g/mol. The largest absolute Gasteiger partial charge is 0.384 e. The van der Waals surface area contributed by atoms with Crippen LogP contribution in [0.3, 0.4) is 0 Å². The zero-order valence-electron chi connectivity index (χ0n) is 14.5. The lowest BCUT2D eigenvalue weighted by Gasteiger charge is -2.08. The molecule has 0 fully saturated rings. The Kier molecular flexibility index (Phi) is 4.34. The van der Waals surface area contributed by atoms with Crippen molar-refractivity contribution in [2.24, 2.45) is 0 Å². The molecule has 0 bridgehead atoms. The molecule has 124 valence electrons. The summed E-state index contributed by atoms with van der Waals surface area (Å²) in [4.78, 5) is 0. The van der Waals surface area contributed by atoms with Gasteiger partial charge in [0.2, 0.25) is 0 Å². The van der Waals surface area contributed by atoms with Gasteiger partial charge in [0.25, 0.3) is 0 Å². The number of anilines is 1. The molecular formula is C23H22NO+. The fraction of sp³-hybridized carbons (Fsp3) is 0.174. The van der Waals surface area contributed by atoms with E-state index in [1.807, 2.05) is 18.2 Å². The fourth-order valence-corrected chi connectivity index (χ4v) is 3.25. The van der Waals surface area contributed by atoms with Crippen LogP contribution in [-0.2, 0) is 0 Å². The van der Waals surface area contributed by atoms with E-state index in [-0.39, 0.29) is 0 Å². The number of fused-ring (bicyclic) bond motifs is 3. The predicted octanol–water partition coefficient (Wildman–Crippen LogP) is 6.75. The monoisotopic (exact) mass is 328 g/mol. The Hall–Kier alpha value is -2.87. The van der Waals surface area contributed by atoms with Gasteiger partial charge in [0.05, 0.1) is 17.3 Å². The smallest absolute Gasteiger partial charge is 0.363 e. The molecule has 2 nitrogen and oxygen atoms in total. The van der Waals surface area contributed by atoms with Gasteiger partial charge in [-0.1, -0.05) is 55.8 Å². The second-order valence-corrected chi connectivity index (χ2v) is 6.33. The van der Waals surface area contributed by atoms with Crippen molar-refractivity contribution in [2.45, 2.75) is 19.8 Å². The van der Waals surface area contributed by atoms with E-state index < -0.39 is 0 Å². The Morgan fingerprint density at radius 1 is 0.880 bits per heavy atom. The number of nitrogens with one attached hydrogen (secondary N) is 1. The number of benzene rings is 3. The molecule has 2 heteroatoms. The summed E-state index contributed by atoms with van der Waals surface area (Å²) in [5.74, 6) is 0.891. The van der Waals surface area contributed by atoms with Gasteiger partial charge < -0.3 is 5.32 Å². The van der Waals surface area contributed by atoms with Crippen LogP contribution >= 0.6 is 0 Å². The van der Waals surface area contributed by atoms with Crippen molar-refractivity contribution in [1.29, 1.82) is 0 Å². The highest BCUT2D eigenvalue weighted by atomic mass is 16.3. The summed E-state index contributed by atoms with van der Waals surface area (Å²) in [6, 6.07) is 25.1. The molecule has 0 aliphatic carbocycles. The zero-order chi connectivity index (χ0) is 17.1. The van der Waals surface area contributed by atoms with Gasteiger partial charge in [0.15, 0.2) is 0 Å². The molecule has 3 aromatic carbocycles. The average Bonchev–Trinajstić information content (AvgIpc) is 2.68. The fourth-order valence-electron chi connectivity index (χ4n) is 3.25. The van der Waals surface area contributed by atoms with Gasteiger partial charge in [-0.15, -0.1) is 0 Å². The van der Waals surface area contributed by atoms with Crippen LogP contribution in [0.25, 0.3) is 33.1 Å². The van der Waals surface area contributed by atoms with Crippen LogP contribution in [-0.4, -0.2) is 6.54 Å². The van der Waals surface area contributed by atoms with E-state index in [0.717, 1.165) is 40.9 Å². The van der Waals surface area contributed by atoms with E-state index in [9.17, 15) is 0 Å². The van der Waals surface area contributed by atoms with Crippen LogP contribution in [0.2, 0.25) is 0 Å². The normalized spacial score (nSPS) is 11.1. The Morgan fingerprint density at radius 2 is 1.68 bits per heavy atom. The number of unbranched alkanes of at least 4 members (excludes halogenated alkanes) is 1. The number of rotatable bonds is 5. The molecule has 25 heavy (non-hydrogen) atoms. The van der Waals surface area contributed by atoms with E-state index in [1.54, 1.807) is 0 Å². The van der Waals surface area contributed by atoms with Gasteiger partial charge in [0, 0.05) is 18.0 Å². The lowest BCUT2D eigenvalue weighted by atomic mass is 10.0. The maximum Gasteiger partial charge on any atom is 0.363 e. The predicted molar refractivity (Wildman–Crippen MR) is 107 cm³/mol. The van der Waals surface area contributed by atoms with Crippen molar-refractivity contribution in [1.82, 2.24) is 0 Å². The van der Waals surface area contributed by atoms with Gasteiger partial charge in [-0.3, -0.25) is 0 Å². The highest BCUT2D eigenvalue weighted by Gasteiger charge is 2.20. The molecule has 0 saturated carbocycles. The highest BCUT2D eigenvalue weighted by Crippen LogP contribution is 2.35. The van der Waals surface area contributed by atoms with Gasteiger partial charge in [-0.05, 0) is 30.0 Å². The standard InChI is InChI=1S/C23H22NO/c1-2-3-15-24-20-16-22(18-10-5-4-6-11-18)25-21-14-13-17-9-7-8-12-19(17)23(20)21/h4-14,16,24H,2-3,15H2,1H3/q+1. The van der Waals surface area contributed by atoms with E-state index in [4.69, 9.17) is 4.42 Å². The lowest BCUT2D eigenvalue weighted by molar-refractivity contribution is 0.621. The van der Waals surface area contributed by atoms with Crippen LogP contribution < -0.4 is 5.32 Å². The number of hydrogen-bond acceptors (Lipinski definition) is 1. The molecule has 1 heterocycles. The van der Waals surface area contributed by atoms with E-state index in [1.165, 1.54) is 17.2 Å². The first-order valence-corrected chi connectivity index (χ1v) is 8.94. The quantitative estimate of drug-likeness (QED) is 0.249. The molecule has 0 unspecified atom stereocenters. The van der Waals surface area contributed by atoms with Gasteiger partial charge in [0.1, 0.15) is 5.39 Å². The maximum atomic E-state index is 6.26. The summed E-state index contributed by atoms with van der Waals surface area (Å²) in [6.45, 7) is 3.18. The molecule has 4 aromatic rings. The topological polar surface area (TPSA) is 23.3 Å².